The Kier molecular flexibility index (Phi) is 2.10. The molecule has 9 heavy (non-hydrogen) atoms. The van der Waals surface area contributed by atoms with Crippen LogP contribution in [0.2, 0.25) is 0 Å². The van der Waals surface area contributed by atoms with Gasteiger partial charge in [-0.25, -0.2) is 0 Å². The molecule has 0 nitrogen and oxygen atoms in total. The summed E-state index contributed by atoms with van der Waals surface area (Å²) in [4.78, 5) is 0. The second-order valence-corrected chi connectivity index (χ2v) is 2.61. The van der Waals surface area contributed by atoms with Crippen LogP contribution in [0.1, 0.15) is 20.3 Å². The van der Waals surface area contributed by atoms with Crippen LogP contribution in [0.5, 0.6) is 0 Å². The van der Waals surface area contributed by atoms with Crippen molar-refractivity contribution in [1.29, 1.82) is 0 Å². The summed E-state index contributed by atoms with van der Waals surface area (Å²) in [5.41, 5.74) is 0. The Bertz CT molecular complexity index is 115. The zero-order chi connectivity index (χ0) is 6.69. The largest absolute Gasteiger partial charge is 0.0914 e. The highest BCUT2D eigenvalue weighted by molar-refractivity contribution is 5.09. The smallest absolute Gasteiger partial charge is 0.0165 e. The Hall–Kier alpha value is -0.520. The first-order valence-corrected chi connectivity index (χ1v) is 3.64. The van der Waals surface area contributed by atoms with Crippen LogP contribution < -0.4 is 0 Å². The quantitative estimate of drug-likeness (QED) is 0.494. The molecule has 0 heteroatoms. The second-order valence-electron chi connectivity index (χ2n) is 2.61. The molecule has 2 atom stereocenters. The minimum Gasteiger partial charge on any atom is -0.0914 e. The van der Waals surface area contributed by atoms with Gasteiger partial charge in [-0.1, -0.05) is 24.3 Å². The summed E-state index contributed by atoms with van der Waals surface area (Å²) < 4.78 is 0. The van der Waals surface area contributed by atoms with Gasteiger partial charge in [0.15, 0.2) is 0 Å². The van der Waals surface area contributed by atoms with E-state index < -0.39 is 0 Å². The lowest BCUT2D eigenvalue weighted by Gasteiger charge is -1.80. The molecule has 0 aromatic rings. The van der Waals surface area contributed by atoms with Crippen molar-refractivity contribution >= 4 is 0 Å². The highest BCUT2D eigenvalue weighted by atomic mass is 14.4. The summed E-state index contributed by atoms with van der Waals surface area (Å²) in [5.74, 6) is 1.73. The molecule has 0 saturated heterocycles. The lowest BCUT2D eigenvalue weighted by Crippen LogP contribution is -1.69. The fourth-order valence-corrected chi connectivity index (χ4v) is 1.17. The number of rotatable bonds is 2. The average Bonchev–Trinajstić information content (AvgIpc) is 2.50. The van der Waals surface area contributed by atoms with Crippen LogP contribution in [0.3, 0.4) is 0 Å². The van der Waals surface area contributed by atoms with Gasteiger partial charge in [0.25, 0.3) is 0 Å². The van der Waals surface area contributed by atoms with Gasteiger partial charge in [0.05, 0.1) is 0 Å². The summed E-state index contributed by atoms with van der Waals surface area (Å²) in [6, 6.07) is 0. The van der Waals surface area contributed by atoms with E-state index in [0.717, 1.165) is 11.8 Å². The topological polar surface area (TPSA) is 0 Å². The number of allylic oxidation sites excluding steroid dienone is 4. The summed E-state index contributed by atoms with van der Waals surface area (Å²) in [6.45, 7) is 4.18. The molecule has 50 valence electrons. The molecule has 0 unspecified atom stereocenters. The van der Waals surface area contributed by atoms with E-state index in [9.17, 15) is 0 Å². The Labute approximate surface area is 57.3 Å². The maximum absolute atomic E-state index is 2.30. The molecule has 0 N–H and O–H groups in total. The van der Waals surface area contributed by atoms with Crippen LogP contribution in [-0.4, -0.2) is 0 Å². The molecule has 0 aromatic carbocycles. The van der Waals surface area contributed by atoms with E-state index >= 15 is 0 Å². The molecule has 0 bridgehead atoms. The van der Waals surface area contributed by atoms with E-state index in [-0.39, 0.29) is 0 Å². The Morgan fingerprint density at radius 3 is 1.78 bits per heavy atom. The fraction of sp³-hybridized carbons (Fsp3) is 0.556. The molecule has 0 aliphatic heterocycles. The van der Waals surface area contributed by atoms with Crippen LogP contribution in [-0.2, 0) is 0 Å². The molecule has 0 aromatic heterocycles. The van der Waals surface area contributed by atoms with Crippen molar-refractivity contribution in [2.45, 2.75) is 20.3 Å². The molecule has 1 rings (SSSR count). The number of hydrogen-bond acceptors (Lipinski definition) is 0. The third kappa shape index (κ3) is 1.70. The van der Waals surface area contributed by atoms with Crippen LogP contribution in [0, 0.1) is 11.8 Å². The zero-order valence-electron chi connectivity index (χ0n) is 6.17. The lowest BCUT2D eigenvalue weighted by atomic mass is 10.3. The maximum atomic E-state index is 2.30. The van der Waals surface area contributed by atoms with Gasteiger partial charge in [-0.2, -0.15) is 0 Å². The SMILES string of the molecule is C/C=C/[C@@H]1C[C@H]1/C=C/C. The highest BCUT2D eigenvalue weighted by Crippen LogP contribution is 2.40. The summed E-state index contributed by atoms with van der Waals surface area (Å²) >= 11 is 0. The van der Waals surface area contributed by atoms with Crippen molar-refractivity contribution < 1.29 is 0 Å². The molecule has 0 spiro atoms. The van der Waals surface area contributed by atoms with Gasteiger partial charge >= 0.3 is 0 Å². The average molecular weight is 122 g/mol. The van der Waals surface area contributed by atoms with Gasteiger partial charge in [-0.15, -0.1) is 0 Å². The third-order valence-corrected chi connectivity index (χ3v) is 1.77. The van der Waals surface area contributed by atoms with E-state index in [1.165, 1.54) is 6.42 Å². The Morgan fingerprint density at radius 1 is 1.00 bits per heavy atom. The maximum Gasteiger partial charge on any atom is -0.0165 e. The second kappa shape index (κ2) is 2.86. The molecule has 1 fully saturated rings. The highest BCUT2D eigenvalue weighted by Gasteiger charge is 2.31. The van der Waals surface area contributed by atoms with E-state index in [1.807, 2.05) is 0 Å². The van der Waals surface area contributed by atoms with Crippen molar-refractivity contribution in [1.82, 2.24) is 0 Å². The lowest BCUT2D eigenvalue weighted by molar-refractivity contribution is 0.990. The molecule has 1 aliphatic carbocycles. The Balaban J connectivity index is 2.24. The number of hydrogen-bond donors (Lipinski definition) is 0. The molecule has 1 saturated carbocycles. The minimum absolute atomic E-state index is 0.867. The van der Waals surface area contributed by atoms with Crippen LogP contribution in [0.25, 0.3) is 0 Å². The predicted octanol–water partition coefficient (Wildman–Crippen LogP) is 2.77. The van der Waals surface area contributed by atoms with E-state index in [1.54, 1.807) is 0 Å². The van der Waals surface area contributed by atoms with Crippen molar-refractivity contribution in [3.8, 4) is 0 Å². The molecule has 0 amide bonds. The van der Waals surface area contributed by atoms with E-state index in [2.05, 4.69) is 38.2 Å². The van der Waals surface area contributed by atoms with Crippen LogP contribution in [0.4, 0.5) is 0 Å². The van der Waals surface area contributed by atoms with Gasteiger partial charge in [0.1, 0.15) is 0 Å². The van der Waals surface area contributed by atoms with E-state index in [4.69, 9.17) is 0 Å². The molecular formula is C9H14. The third-order valence-electron chi connectivity index (χ3n) is 1.77. The zero-order valence-corrected chi connectivity index (χ0v) is 6.17. The van der Waals surface area contributed by atoms with Crippen molar-refractivity contribution in [2.75, 3.05) is 0 Å². The van der Waals surface area contributed by atoms with Crippen molar-refractivity contribution in [3.63, 3.8) is 0 Å². The normalized spacial score (nSPS) is 34.4. The fourth-order valence-electron chi connectivity index (χ4n) is 1.17. The minimum atomic E-state index is 0.867. The first-order chi connectivity index (χ1) is 4.38. The van der Waals surface area contributed by atoms with Crippen LogP contribution in [0.15, 0.2) is 24.3 Å². The van der Waals surface area contributed by atoms with Crippen molar-refractivity contribution in [3.05, 3.63) is 24.3 Å². The molecule has 0 radical (unpaired) electrons. The van der Waals surface area contributed by atoms with Gasteiger partial charge in [-0.3, -0.25) is 0 Å². The van der Waals surface area contributed by atoms with Crippen molar-refractivity contribution in [2.24, 2.45) is 11.8 Å². The summed E-state index contributed by atoms with van der Waals surface area (Å²) in [7, 11) is 0. The summed E-state index contributed by atoms with van der Waals surface area (Å²) in [6.07, 6.45) is 10.3. The summed E-state index contributed by atoms with van der Waals surface area (Å²) in [5, 5.41) is 0. The molecule has 0 heterocycles. The van der Waals surface area contributed by atoms with E-state index in [0.29, 0.717) is 0 Å². The van der Waals surface area contributed by atoms with Gasteiger partial charge in [0.2, 0.25) is 0 Å². The first kappa shape index (κ1) is 6.60. The first-order valence-electron chi connectivity index (χ1n) is 3.64. The standard InChI is InChI=1S/C9H14/c1-3-5-8-7-9(8)6-4-2/h3-6,8-9H,7H2,1-2H3/b5-3+,6-4+/t8-,9-/m1/s1. The predicted molar refractivity (Wildman–Crippen MR) is 41.2 cm³/mol. The van der Waals surface area contributed by atoms with Gasteiger partial charge < -0.3 is 0 Å². The molecular weight excluding hydrogens is 108 g/mol. The monoisotopic (exact) mass is 122 g/mol. The Morgan fingerprint density at radius 2 is 1.44 bits per heavy atom. The van der Waals surface area contributed by atoms with Crippen LogP contribution >= 0.6 is 0 Å². The molecule has 1 aliphatic rings. The van der Waals surface area contributed by atoms with Gasteiger partial charge in [-0.05, 0) is 32.1 Å². The van der Waals surface area contributed by atoms with Gasteiger partial charge in [0, 0.05) is 0 Å².